The molecule has 3 nitrogen and oxygen atoms in total. The summed E-state index contributed by atoms with van der Waals surface area (Å²) in [7, 11) is -3.33. The van der Waals surface area contributed by atoms with Gasteiger partial charge in [-0.05, 0) is 47.0 Å². The molecule has 0 radical (unpaired) electrons. The van der Waals surface area contributed by atoms with Crippen LogP contribution in [0.1, 0.15) is 0 Å². The minimum atomic E-state index is -3.33. The molecule has 0 atom stereocenters. The van der Waals surface area contributed by atoms with E-state index in [1.807, 2.05) is 0 Å². The van der Waals surface area contributed by atoms with Crippen molar-refractivity contribution in [3.63, 3.8) is 0 Å². The van der Waals surface area contributed by atoms with Crippen LogP contribution in [0.4, 0.5) is 8.78 Å². The third-order valence-corrected chi connectivity index (χ3v) is 4.92. The summed E-state index contributed by atoms with van der Waals surface area (Å²) in [5.74, 6) is -1.64. The number of aromatic hydroxyl groups is 1. The second-order valence-electron chi connectivity index (χ2n) is 5.65. The molecule has 0 aromatic heterocycles. The summed E-state index contributed by atoms with van der Waals surface area (Å²) < 4.78 is 50.3. The summed E-state index contributed by atoms with van der Waals surface area (Å²) in [6.07, 6.45) is 1.11. The maximum absolute atomic E-state index is 13.6. The van der Waals surface area contributed by atoms with Crippen molar-refractivity contribution in [2.24, 2.45) is 0 Å². The van der Waals surface area contributed by atoms with Gasteiger partial charge in [0.15, 0.2) is 9.84 Å². The number of rotatable bonds is 3. The van der Waals surface area contributed by atoms with Crippen LogP contribution in [0.15, 0.2) is 65.6 Å². The molecular formula is C19H14F2O3S. The molecule has 0 bridgehead atoms. The molecule has 0 aliphatic rings. The van der Waals surface area contributed by atoms with E-state index in [0.29, 0.717) is 11.1 Å². The molecule has 0 saturated heterocycles. The minimum Gasteiger partial charge on any atom is -0.507 e. The summed E-state index contributed by atoms with van der Waals surface area (Å²) in [5.41, 5.74) is 1.61. The summed E-state index contributed by atoms with van der Waals surface area (Å²) in [5, 5.41) is 10.2. The van der Waals surface area contributed by atoms with E-state index in [-0.39, 0.29) is 21.8 Å². The average Bonchev–Trinajstić information content (AvgIpc) is 2.53. The highest BCUT2D eigenvalue weighted by atomic mass is 32.2. The molecule has 0 aliphatic carbocycles. The molecule has 0 heterocycles. The van der Waals surface area contributed by atoms with Gasteiger partial charge in [0.1, 0.15) is 17.4 Å². The Morgan fingerprint density at radius 1 is 0.840 bits per heavy atom. The number of benzene rings is 3. The van der Waals surface area contributed by atoms with Crippen molar-refractivity contribution < 1.29 is 22.3 Å². The monoisotopic (exact) mass is 360 g/mol. The lowest BCUT2D eigenvalue weighted by Gasteiger charge is -2.13. The third kappa shape index (κ3) is 3.53. The highest BCUT2D eigenvalue weighted by molar-refractivity contribution is 7.90. The van der Waals surface area contributed by atoms with E-state index in [9.17, 15) is 22.3 Å². The number of hydrogen-bond donors (Lipinski definition) is 1. The first-order valence-electron chi connectivity index (χ1n) is 7.34. The van der Waals surface area contributed by atoms with E-state index in [0.717, 1.165) is 24.5 Å². The van der Waals surface area contributed by atoms with Crippen molar-refractivity contribution in [2.75, 3.05) is 6.26 Å². The second kappa shape index (κ2) is 6.29. The summed E-state index contributed by atoms with van der Waals surface area (Å²) in [4.78, 5) is 0.162. The minimum absolute atomic E-state index is 0.130. The molecule has 1 N–H and O–H groups in total. The summed E-state index contributed by atoms with van der Waals surface area (Å²) in [6.45, 7) is 0. The first-order valence-corrected chi connectivity index (χ1v) is 9.24. The van der Waals surface area contributed by atoms with E-state index in [2.05, 4.69) is 0 Å². The lowest BCUT2D eigenvalue weighted by molar-refractivity contribution is 0.477. The molecule has 128 valence electrons. The molecule has 6 heteroatoms. The Morgan fingerprint density at radius 2 is 1.44 bits per heavy atom. The van der Waals surface area contributed by atoms with Gasteiger partial charge in [0.25, 0.3) is 0 Å². The predicted molar refractivity (Wildman–Crippen MR) is 92.0 cm³/mol. The highest BCUT2D eigenvalue weighted by Crippen LogP contribution is 2.39. The molecule has 3 rings (SSSR count). The molecule has 0 amide bonds. The van der Waals surface area contributed by atoms with Gasteiger partial charge in [0.2, 0.25) is 0 Å². The van der Waals surface area contributed by atoms with Crippen molar-refractivity contribution in [3.05, 3.63) is 72.3 Å². The van der Waals surface area contributed by atoms with Crippen LogP contribution in [-0.2, 0) is 9.84 Å². The van der Waals surface area contributed by atoms with Crippen LogP contribution in [0.3, 0.4) is 0 Å². The smallest absolute Gasteiger partial charge is 0.175 e. The van der Waals surface area contributed by atoms with Crippen molar-refractivity contribution in [1.29, 1.82) is 0 Å². The molecular weight excluding hydrogens is 346 g/mol. The fourth-order valence-electron chi connectivity index (χ4n) is 2.66. The number of phenolic OH excluding ortho intramolecular Hbond substituents is 1. The molecule has 0 fully saturated rings. The number of hydrogen-bond acceptors (Lipinski definition) is 3. The number of phenols is 1. The van der Waals surface area contributed by atoms with E-state index in [1.54, 1.807) is 24.3 Å². The molecule has 3 aromatic carbocycles. The maximum Gasteiger partial charge on any atom is 0.175 e. The Bertz CT molecular complexity index is 1020. The van der Waals surface area contributed by atoms with E-state index in [4.69, 9.17) is 0 Å². The van der Waals surface area contributed by atoms with E-state index >= 15 is 0 Å². The molecule has 3 aromatic rings. The van der Waals surface area contributed by atoms with E-state index in [1.165, 1.54) is 18.2 Å². The molecule has 0 unspecified atom stereocenters. The lowest BCUT2D eigenvalue weighted by Crippen LogP contribution is -1.96. The van der Waals surface area contributed by atoms with Crippen molar-refractivity contribution in [3.8, 4) is 28.0 Å². The van der Waals surface area contributed by atoms with Crippen LogP contribution in [0.2, 0.25) is 0 Å². The Morgan fingerprint density at radius 3 is 2.00 bits per heavy atom. The van der Waals surface area contributed by atoms with Crippen LogP contribution in [0.5, 0.6) is 5.75 Å². The quantitative estimate of drug-likeness (QED) is 0.753. The van der Waals surface area contributed by atoms with Crippen LogP contribution in [0, 0.1) is 11.6 Å². The zero-order chi connectivity index (χ0) is 18.2. The third-order valence-electron chi connectivity index (χ3n) is 3.79. The van der Waals surface area contributed by atoms with E-state index < -0.39 is 21.5 Å². The van der Waals surface area contributed by atoms with Gasteiger partial charge >= 0.3 is 0 Å². The first kappa shape index (κ1) is 17.1. The van der Waals surface area contributed by atoms with Gasteiger partial charge in [-0.3, -0.25) is 0 Å². The number of halogens is 2. The van der Waals surface area contributed by atoms with Gasteiger partial charge in [-0.25, -0.2) is 17.2 Å². The van der Waals surface area contributed by atoms with Gasteiger partial charge in [0, 0.05) is 17.9 Å². The lowest BCUT2D eigenvalue weighted by atomic mass is 9.93. The van der Waals surface area contributed by atoms with Crippen LogP contribution in [-0.4, -0.2) is 19.8 Å². The molecule has 0 saturated carbocycles. The van der Waals surface area contributed by atoms with Crippen LogP contribution in [0.25, 0.3) is 22.3 Å². The molecule has 25 heavy (non-hydrogen) atoms. The Kier molecular flexibility index (Phi) is 4.30. The highest BCUT2D eigenvalue weighted by Gasteiger charge is 2.15. The predicted octanol–water partition coefficient (Wildman–Crippen LogP) is 4.41. The Labute approximate surface area is 144 Å². The normalized spacial score (nSPS) is 11.5. The maximum atomic E-state index is 13.6. The van der Waals surface area contributed by atoms with Gasteiger partial charge in [-0.2, -0.15) is 0 Å². The van der Waals surface area contributed by atoms with Crippen molar-refractivity contribution >= 4 is 9.84 Å². The van der Waals surface area contributed by atoms with Gasteiger partial charge in [-0.1, -0.05) is 24.3 Å². The van der Waals surface area contributed by atoms with Crippen LogP contribution < -0.4 is 0 Å². The zero-order valence-electron chi connectivity index (χ0n) is 13.2. The van der Waals surface area contributed by atoms with Crippen LogP contribution >= 0.6 is 0 Å². The first-order chi connectivity index (χ1) is 11.8. The number of sulfone groups is 1. The zero-order valence-corrected chi connectivity index (χ0v) is 14.0. The van der Waals surface area contributed by atoms with Crippen molar-refractivity contribution in [2.45, 2.75) is 4.90 Å². The Hall–Kier alpha value is -2.73. The Balaban J connectivity index is 2.20. The second-order valence-corrected chi connectivity index (χ2v) is 7.67. The SMILES string of the molecule is CS(=O)(=O)c1ccc(-c2cccc(O)c2-c2cc(F)cc(F)c2)cc1. The summed E-state index contributed by atoms with van der Waals surface area (Å²) >= 11 is 0. The fraction of sp³-hybridized carbons (Fsp3) is 0.0526. The average molecular weight is 360 g/mol. The van der Waals surface area contributed by atoms with Gasteiger partial charge < -0.3 is 5.11 Å². The fourth-order valence-corrected chi connectivity index (χ4v) is 3.29. The molecule has 0 spiro atoms. The standard InChI is InChI=1S/C19H14F2O3S/c1-25(23,24)16-7-5-12(6-8-16)17-3-2-4-18(22)19(17)13-9-14(20)11-15(21)10-13/h2-11,22H,1H3. The largest absolute Gasteiger partial charge is 0.507 e. The van der Waals surface area contributed by atoms with Crippen molar-refractivity contribution in [1.82, 2.24) is 0 Å². The topological polar surface area (TPSA) is 54.4 Å². The molecule has 0 aliphatic heterocycles. The van der Waals surface area contributed by atoms with Gasteiger partial charge in [-0.15, -0.1) is 0 Å². The van der Waals surface area contributed by atoms with Gasteiger partial charge in [0.05, 0.1) is 4.90 Å². The summed E-state index contributed by atoms with van der Waals surface area (Å²) in [6, 6.07) is 13.8.